The second-order valence-electron chi connectivity index (χ2n) is 2.97. The van der Waals surface area contributed by atoms with Crippen LogP contribution in [0, 0.1) is 0 Å². The van der Waals surface area contributed by atoms with Crippen LogP contribution in [0.5, 0.6) is 0 Å². The molecule has 0 fully saturated rings. The highest BCUT2D eigenvalue weighted by Crippen LogP contribution is 1.85. The Morgan fingerprint density at radius 3 is 2.65 bits per heavy atom. The van der Waals surface area contributed by atoms with Gasteiger partial charge in [0.05, 0.1) is 13.2 Å². The Balaban J connectivity index is 3.68. The summed E-state index contributed by atoms with van der Waals surface area (Å²) in [5.74, 6) is 0. The largest absolute Gasteiger partial charge is 0.449 e. The van der Waals surface area contributed by atoms with Crippen molar-refractivity contribution in [1.29, 1.82) is 0 Å². The van der Waals surface area contributed by atoms with Gasteiger partial charge in [-0.1, -0.05) is 0 Å². The van der Waals surface area contributed by atoms with Gasteiger partial charge in [-0.25, -0.2) is 9.52 Å². The van der Waals surface area contributed by atoms with E-state index < -0.39 is 16.3 Å². The Hall–Kier alpha value is -0.900. The lowest BCUT2D eigenvalue weighted by Gasteiger charge is -2.08. The van der Waals surface area contributed by atoms with Gasteiger partial charge in [-0.3, -0.25) is 0 Å². The molecule has 0 aliphatic rings. The van der Waals surface area contributed by atoms with Gasteiger partial charge in [0.2, 0.25) is 0 Å². The predicted molar refractivity (Wildman–Crippen MR) is 61.6 cm³/mol. The van der Waals surface area contributed by atoms with Crippen molar-refractivity contribution < 1.29 is 22.7 Å². The molecule has 0 aromatic rings. The average molecular weight is 269 g/mol. The molecule has 0 heterocycles. The van der Waals surface area contributed by atoms with Gasteiger partial charge in [0.15, 0.2) is 0 Å². The first-order valence-electron chi connectivity index (χ1n) is 5.23. The summed E-state index contributed by atoms with van der Waals surface area (Å²) in [7, 11) is -3.85. The highest BCUT2D eigenvalue weighted by molar-refractivity contribution is 7.88. The van der Waals surface area contributed by atoms with Crippen molar-refractivity contribution in [2.75, 3.05) is 32.9 Å². The number of nitrogens with one attached hydrogen (secondary N) is 2. The first kappa shape index (κ1) is 16.1. The lowest BCUT2D eigenvalue weighted by atomic mass is 10.5. The van der Waals surface area contributed by atoms with Crippen molar-refractivity contribution in [2.24, 2.45) is 5.73 Å². The molecule has 0 bridgehead atoms. The second kappa shape index (κ2) is 9.16. The maximum absolute atomic E-state index is 11.2. The Bertz CT molecular complexity index is 306. The van der Waals surface area contributed by atoms with Crippen LogP contribution in [0.25, 0.3) is 0 Å². The molecule has 0 radical (unpaired) electrons. The molecular formula is C8H19N3O5S. The number of hydrogen-bond donors (Lipinski definition) is 3. The van der Waals surface area contributed by atoms with Crippen LogP contribution in [0.4, 0.5) is 4.79 Å². The van der Waals surface area contributed by atoms with Gasteiger partial charge in [0, 0.05) is 19.7 Å². The van der Waals surface area contributed by atoms with Crippen LogP contribution in [-0.4, -0.2) is 47.4 Å². The van der Waals surface area contributed by atoms with Crippen LogP contribution in [0.1, 0.15) is 13.3 Å². The quantitative estimate of drug-likeness (QED) is 0.459. The molecule has 0 rings (SSSR count). The molecular weight excluding hydrogens is 250 g/mol. The molecule has 0 aromatic carbocycles. The highest BCUT2D eigenvalue weighted by atomic mass is 32.2. The molecule has 0 spiro atoms. The third-order valence-corrected chi connectivity index (χ3v) is 2.53. The number of amides is 1. The van der Waals surface area contributed by atoms with Crippen LogP contribution in [0.3, 0.4) is 0 Å². The van der Waals surface area contributed by atoms with E-state index in [-0.39, 0.29) is 13.2 Å². The first-order chi connectivity index (χ1) is 8.02. The summed E-state index contributed by atoms with van der Waals surface area (Å²) in [6.07, 6.45) is -0.511. The fourth-order valence-electron chi connectivity index (χ4n) is 0.873. The maximum atomic E-state index is 11.2. The van der Waals surface area contributed by atoms with Gasteiger partial charge < -0.3 is 15.2 Å². The molecule has 102 valence electrons. The normalized spacial score (nSPS) is 11.2. The minimum atomic E-state index is -3.85. The van der Waals surface area contributed by atoms with E-state index in [1.165, 1.54) is 0 Å². The minimum absolute atomic E-state index is 0.105. The van der Waals surface area contributed by atoms with E-state index >= 15 is 0 Å². The van der Waals surface area contributed by atoms with Gasteiger partial charge in [0.25, 0.3) is 0 Å². The summed E-state index contributed by atoms with van der Waals surface area (Å²) < 4.78 is 35.8. The topological polar surface area (TPSA) is 120 Å². The summed E-state index contributed by atoms with van der Waals surface area (Å²) in [6, 6.07) is 0. The Morgan fingerprint density at radius 2 is 2.06 bits per heavy atom. The van der Waals surface area contributed by atoms with Gasteiger partial charge >= 0.3 is 16.3 Å². The summed E-state index contributed by atoms with van der Waals surface area (Å²) in [4.78, 5) is 10.8. The van der Waals surface area contributed by atoms with Crippen LogP contribution in [0.2, 0.25) is 0 Å². The molecule has 0 saturated carbocycles. The zero-order valence-electron chi connectivity index (χ0n) is 9.77. The first-order valence-corrected chi connectivity index (χ1v) is 6.72. The lowest BCUT2D eigenvalue weighted by Crippen LogP contribution is -2.41. The van der Waals surface area contributed by atoms with Gasteiger partial charge in [0.1, 0.15) is 0 Å². The van der Waals surface area contributed by atoms with E-state index in [2.05, 4.69) is 9.46 Å². The Labute approximate surface area is 101 Å². The SMILES string of the molecule is CCOC(=O)NS(=O)(=O)NCCCOCCN. The molecule has 17 heavy (non-hydrogen) atoms. The fourth-order valence-corrected chi connectivity index (χ4v) is 1.64. The van der Waals surface area contributed by atoms with Gasteiger partial charge in [-0.05, 0) is 13.3 Å². The lowest BCUT2D eigenvalue weighted by molar-refractivity contribution is 0.140. The number of ether oxygens (including phenoxy) is 2. The number of rotatable bonds is 9. The summed E-state index contributed by atoms with van der Waals surface area (Å²) in [6.45, 7) is 3.12. The fraction of sp³-hybridized carbons (Fsp3) is 0.875. The van der Waals surface area contributed by atoms with Crippen molar-refractivity contribution in [1.82, 2.24) is 9.44 Å². The molecule has 1 amide bonds. The average Bonchev–Trinajstić information content (AvgIpc) is 2.22. The van der Waals surface area contributed by atoms with Crippen LogP contribution < -0.4 is 15.2 Å². The van der Waals surface area contributed by atoms with Gasteiger partial charge in [-0.2, -0.15) is 13.1 Å². The molecule has 4 N–H and O–H groups in total. The van der Waals surface area contributed by atoms with Crippen molar-refractivity contribution in [3.8, 4) is 0 Å². The van der Waals surface area contributed by atoms with Crippen LogP contribution in [-0.2, 0) is 19.7 Å². The number of carbonyl (C=O) groups is 1. The molecule has 0 saturated heterocycles. The highest BCUT2D eigenvalue weighted by Gasteiger charge is 2.13. The van der Waals surface area contributed by atoms with Crippen LogP contribution >= 0.6 is 0 Å². The van der Waals surface area contributed by atoms with Crippen molar-refractivity contribution in [2.45, 2.75) is 13.3 Å². The van der Waals surface area contributed by atoms with Crippen molar-refractivity contribution in [3.05, 3.63) is 0 Å². The standard InChI is InChI=1S/C8H19N3O5S/c1-2-16-8(12)11-17(13,14)10-5-3-6-15-7-4-9/h10H,2-7,9H2,1H3,(H,11,12). The van der Waals surface area contributed by atoms with Gasteiger partial charge in [-0.15, -0.1) is 0 Å². The summed E-state index contributed by atoms with van der Waals surface area (Å²) in [5.41, 5.74) is 5.20. The van der Waals surface area contributed by atoms with E-state index in [0.717, 1.165) is 0 Å². The third kappa shape index (κ3) is 10.00. The Morgan fingerprint density at radius 1 is 1.35 bits per heavy atom. The monoisotopic (exact) mass is 269 g/mol. The number of carbonyl (C=O) groups excluding carboxylic acids is 1. The van der Waals surface area contributed by atoms with E-state index in [1.807, 2.05) is 0 Å². The van der Waals surface area contributed by atoms with E-state index in [0.29, 0.717) is 26.2 Å². The molecule has 0 aliphatic heterocycles. The smallest absolute Gasteiger partial charge is 0.421 e. The predicted octanol–water partition coefficient (Wildman–Crippen LogP) is -1.07. The van der Waals surface area contributed by atoms with Crippen molar-refractivity contribution >= 4 is 16.3 Å². The maximum Gasteiger partial charge on any atom is 0.421 e. The van der Waals surface area contributed by atoms with Crippen molar-refractivity contribution in [3.63, 3.8) is 0 Å². The number of hydrogen-bond acceptors (Lipinski definition) is 6. The molecule has 0 aliphatic carbocycles. The van der Waals surface area contributed by atoms with E-state index in [9.17, 15) is 13.2 Å². The molecule has 8 nitrogen and oxygen atoms in total. The molecule has 0 atom stereocenters. The van der Waals surface area contributed by atoms with E-state index in [1.54, 1.807) is 11.6 Å². The second-order valence-corrected chi connectivity index (χ2v) is 4.47. The zero-order valence-corrected chi connectivity index (χ0v) is 10.6. The third-order valence-electron chi connectivity index (χ3n) is 1.51. The summed E-state index contributed by atoms with van der Waals surface area (Å²) in [5, 5.41) is 0. The molecule has 0 unspecified atom stereocenters. The van der Waals surface area contributed by atoms with Crippen LogP contribution in [0.15, 0.2) is 0 Å². The summed E-state index contributed by atoms with van der Waals surface area (Å²) >= 11 is 0. The van der Waals surface area contributed by atoms with E-state index in [4.69, 9.17) is 10.5 Å². The molecule has 9 heteroatoms. The number of nitrogens with two attached hydrogens (primary N) is 1. The zero-order chi connectivity index (χ0) is 13.1. The molecule has 0 aromatic heterocycles. The Kier molecular flexibility index (Phi) is 8.68. The minimum Gasteiger partial charge on any atom is -0.449 e.